The number of para-hydroxylation sites is 1. The molecule has 1 atom stereocenters. The summed E-state index contributed by atoms with van der Waals surface area (Å²) in [5.41, 5.74) is 2.22. The highest BCUT2D eigenvalue weighted by atomic mass is 32.2. The fourth-order valence-electron chi connectivity index (χ4n) is 2.04. The summed E-state index contributed by atoms with van der Waals surface area (Å²) in [6.45, 7) is 1.000. The fourth-order valence-corrected chi connectivity index (χ4v) is 2.72. The summed E-state index contributed by atoms with van der Waals surface area (Å²) in [5, 5.41) is 16.9. The number of hydrogen-bond acceptors (Lipinski definition) is 4. The van der Waals surface area contributed by atoms with E-state index in [1.165, 1.54) is 0 Å². The lowest BCUT2D eigenvalue weighted by molar-refractivity contribution is 0.270. The number of aliphatic hydroxyl groups excluding tert-OH is 1. The lowest BCUT2D eigenvalue weighted by Crippen LogP contribution is -2.31. The molecule has 0 aliphatic rings. The fraction of sp³-hybridized carbons (Fsp3) is 0.400. The highest BCUT2D eigenvalue weighted by Crippen LogP contribution is 2.08. The number of thioether (sulfide) groups is 1. The van der Waals surface area contributed by atoms with Gasteiger partial charge in [-0.1, -0.05) is 18.2 Å². The van der Waals surface area contributed by atoms with E-state index in [4.69, 9.17) is 5.11 Å². The minimum atomic E-state index is 0.224. The Bertz CT molecular complexity index is 495. The normalized spacial score (nSPS) is 12.5. The Balaban J connectivity index is 1.92. The van der Waals surface area contributed by atoms with Gasteiger partial charge in [-0.25, -0.2) is 4.68 Å². The first kappa shape index (κ1) is 15.1. The van der Waals surface area contributed by atoms with Crippen LogP contribution in [-0.4, -0.2) is 39.5 Å². The van der Waals surface area contributed by atoms with Crippen LogP contribution in [0.5, 0.6) is 0 Å². The van der Waals surface area contributed by atoms with Crippen molar-refractivity contribution in [3.05, 3.63) is 48.3 Å². The summed E-state index contributed by atoms with van der Waals surface area (Å²) in [6.07, 6.45) is 6.79. The Hall–Kier alpha value is -1.30. The van der Waals surface area contributed by atoms with Crippen molar-refractivity contribution in [2.75, 3.05) is 18.6 Å². The van der Waals surface area contributed by atoms with Crippen molar-refractivity contribution in [1.82, 2.24) is 15.1 Å². The van der Waals surface area contributed by atoms with Gasteiger partial charge in [0.05, 0.1) is 11.9 Å². The predicted octanol–water partition coefficient (Wildman–Crippen LogP) is 2.08. The highest BCUT2D eigenvalue weighted by Gasteiger charge is 2.07. The third kappa shape index (κ3) is 4.37. The van der Waals surface area contributed by atoms with E-state index in [1.807, 2.05) is 47.4 Å². The van der Waals surface area contributed by atoms with Gasteiger partial charge in [0.15, 0.2) is 0 Å². The smallest absolute Gasteiger partial charge is 0.0645 e. The molecule has 0 aliphatic carbocycles. The zero-order chi connectivity index (χ0) is 14.2. The zero-order valence-corrected chi connectivity index (χ0v) is 12.5. The second-order valence-electron chi connectivity index (χ2n) is 4.67. The molecule has 1 aromatic carbocycles. The SMILES string of the molecule is CSCC(CCO)NCc1cnn(-c2ccccc2)c1. The quantitative estimate of drug-likeness (QED) is 0.782. The molecule has 2 rings (SSSR count). The summed E-state index contributed by atoms with van der Waals surface area (Å²) >= 11 is 1.79. The molecule has 2 aromatic rings. The number of rotatable bonds is 8. The van der Waals surface area contributed by atoms with E-state index in [9.17, 15) is 0 Å². The molecule has 0 saturated carbocycles. The van der Waals surface area contributed by atoms with Crippen LogP contribution in [0, 0.1) is 0 Å². The minimum absolute atomic E-state index is 0.224. The first-order valence-corrected chi connectivity index (χ1v) is 8.15. The van der Waals surface area contributed by atoms with Crippen LogP contribution in [0.1, 0.15) is 12.0 Å². The third-order valence-corrected chi connectivity index (χ3v) is 3.83. The van der Waals surface area contributed by atoms with Crippen molar-refractivity contribution in [3.63, 3.8) is 0 Å². The minimum Gasteiger partial charge on any atom is -0.396 e. The topological polar surface area (TPSA) is 50.1 Å². The van der Waals surface area contributed by atoms with Gasteiger partial charge in [0, 0.05) is 36.7 Å². The molecule has 2 N–H and O–H groups in total. The maximum Gasteiger partial charge on any atom is 0.0645 e. The molecule has 0 radical (unpaired) electrons. The molecule has 0 aliphatic heterocycles. The lowest BCUT2D eigenvalue weighted by Gasteiger charge is -2.15. The maximum atomic E-state index is 9.05. The third-order valence-electron chi connectivity index (χ3n) is 3.10. The molecule has 0 saturated heterocycles. The molecular weight excluding hydrogens is 270 g/mol. The van der Waals surface area contributed by atoms with Gasteiger partial charge in [0.25, 0.3) is 0 Å². The van der Waals surface area contributed by atoms with E-state index in [1.54, 1.807) is 11.8 Å². The lowest BCUT2D eigenvalue weighted by atomic mass is 10.2. The van der Waals surface area contributed by atoms with Crippen LogP contribution in [0.25, 0.3) is 5.69 Å². The summed E-state index contributed by atoms with van der Waals surface area (Å²) < 4.78 is 1.88. The van der Waals surface area contributed by atoms with Crippen molar-refractivity contribution < 1.29 is 5.11 Å². The van der Waals surface area contributed by atoms with Gasteiger partial charge in [0.2, 0.25) is 0 Å². The Morgan fingerprint density at radius 3 is 2.85 bits per heavy atom. The van der Waals surface area contributed by atoms with E-state index in [0.717, 1.165) is 30.0 Å². The van der Waals surface area contributed by atoms with Gasteiger partial charge >= 0.3 is 0 Å². The van der Waals surface area contributed by atoms with Crippen LogP contribution in [0.15, 0.2) is 42.7 Å². The first-order valence-electron chi connectivity index (χ1n) is 6.75. The van der Waals surface area contributed by atoms with Crippen molar-refractivity contribution in [1.29, 1.82) is 0 Å². The Morgan fingerprint density at radius 1 is 1.35 bits per heavy atom. The van der Waals surface area contributed by atoms with Crippen LogP contribution in [0.3, 0.4) is 0 Å². The molecule has 108 valence electrons. The van der Waals surface area contributed by atoms with Gasteiger partial charge in [-0.15, -0.1) is 0 Å². The standard InChI is InChI=1S/C15H21N3OS/c1-20-12-14(7-8-19)16-9-13-10-17-18(11-13)15-5-3-2-4-6-15/h2-6,10-11,14,16,19H,7-9,12H2,1H3. The highest BCUT2D eigenvalue weighted by molar-refractivity contribution is 7.98. The summed E-state index contributed by atoms with van der Waals surface area (Å²) in [4.78, 5) is 0. The maximum absolute atomic E-state index is 9.05. The first-order chi connectivity index (χ1) is 9.83. The Morgan fingerprint density at radius 2 is 2.15 bits per heavy atom. The van der Waals surface area contributed by atoms with Crippen LogP contribution in [0.4, 0.5) is 0 Å². The number of hydrogen-bond donors (Lipinski definition) is 2. The monoisotopic (exact) mass is 291 g/mol. The van der Waals surface area contributed by atoms with Crippen LogP contribution in [0.2, 0.25) is 0 Å². The van der Waals surface area contributed by atoms with Crippen molar-refractivity contribution in [3.8, 4) is 5.69 Å². The molecule has 0 fully saturated rings. The van der Waals surface area contributed by atoms with E-state index in [-0.39, 0.29) is 6.61 Å². The van der Waals surface area contributed by atoms with E-state index < -0.39 is 0 Å². The van der Waals surface area contributed by atoms with Crippen LogP contribution >= 0.6 is 11.8 Å². The number of nitrogens with zero attached hydrogens (tertiary/aromatic N) is 2. The predicted molar refractivity (Wildman–Crippen MR) is 84.3 cm³/mol. The number of benzene rings is 1. The molecule has 20 heavy (non-hydrogen) atoms. The Kier molecular flexibility index (Phi) is 6.11. The molecular formula is C15H21N3OS. The molecule has 1 unspecified atom stereocenters. The summed E-state index contributed by atoms with van der Waals surface area (Å²) in [6, 6.07) is 10.4. The molecule has 0 amide bonds. The average Bonchev–Trinajstić information content (AvgIpc) is 2.95. The van der Waals surface area contributed by atoms with Crippen LogP contribution in [-0.2, 0) is 6.54 Å². The van der Waals surface area contributed by atoms with Crippen molar-refractivity contribution in [2.24, 2.45) is 0 Å². The van der Waals surface area contributed by atoms with E-state index in [2.05, 4.69) is 16.7 Å². The molecule has 5 heteroatoms. The summed E-state index contributed by atoms with van der Waals surface area (Å²) in [7, 11) is 0. The molecule has 1 aromatic heterocycles. The molecule has 4 nitrogen and oxygen atoms in total. The van der Waals surface area contributed by atoms with Gasteiger partial charge in [0.1, 0.15) is 0 Å². The molecule has 0 spiro atoms. The second kappa shape index (κ2) is 8.09. The number of aromatic nitrogens is 2. The molecule has 0 bridgehead atoms. The van der Waals surface area contributed by atoms with Gasteiger partial charge in [-0.2, -0.15) is 16.9 Å². The second-order valence-corrected chi connectivity index (χ2v) is 5.58. The Labute approximate surface area is 124 Å². The van der Waals surface area contributed by atoms with Crippen LogP contribution < -0.4 is 5.32 Å². The number of aliphatic hydroxyl groups is 1. The largest absolute Gasteiger partial charge is 0.396 e. The summed E-state index contributed by atoms with van der Waals surface area (Å²) in [5.74, 6) is 1.01. The van der Waals surface area contributed by atoms with E-state index >= 15 is 0 Å². The zero-order valence-electron chi connectivity index (χ0n) is 11.7. The van der Waals surface area contributed by atoms with E-state index in [0.29, 0.717) is 6.04 Å². The van der Waals surface area contributed by atoms with Gasteiger partial charge in [-0.05, 0) is 24.8 Å². The van der Waals surface area contributed by atoms with Gasteiger partial charge in [-0.3, -0.25) is 0 Å². The number of nitrogens with one attached hydrogen (secondary N) is 1. The van der Waals surface area contributed by atoms with Gasteiger partial charge < -0.3 is 10.4 Å². The van der Waals surface area contributed by atoms with Crippen molar-refractivity contribution >= 4 is 11.8 Å². The molecule has 1 heterocycles. The van der Waals surface area contributed by atoms with Crippen molar-refractivity contribution in [2.45, 2.75) is 19.0 Å². The average molecular weight is 291 g/mol.